The first-order valence-corrected chi connectivity index (χ1v) is 8.54. The third-order valence-electron chi connectivity index (χ3n) is 4.36. The molecule has 8 heteroatoms. The summed E-state index contributed by atoms with van der Waals surface area (Å²) in [5.41, 5.74) is 0.984. The Morgan fingerprint density at radius 3 is 3.04 bits per heavy atom. The molecule has 1 unspecified atom stereocenters. The van der Waals surface area contributed by atoms with Crippen molar-refractivity contribution in [2.75, 3.05) is 32.1 Å². The molecule has 128 valence electrons. The maximum Gasteiger partial charge on any atom is 0.311 e. The van der Waals surface area contributed by atoms with E-state index in [0.29, 0.717) is 24.4 Å². The zero-order valence-corrected chi connectivity index (χ0v) is 14.9. The van der Waals surface area contributed by atoms with E-state index in [2.05, 4.69) is 31.5 Å². The summed E-state index contributed by atoms with van der Waals surface area (Å²) in [5.74, 6) is 0. The normalized spacial score (nSPS) is 20.4. The number of hydrogen-bond donors (Lipinski definition) is 2. The number of hydrogen-bond acceptors (Lipinski definition) is 6. The number of nitro groups is 1. The number of nitrogens with one attached hydrogen (secondary N) is 2. The molecule has 0 aliphatic carbocycles. The molecule has 1 saturated heterocycles. The smallest absolute Gasteiger partial charge is 0.311 e. The lowest BCUT2D eigenvalue weighted by molar-refractivity contribution is -0.384. The van der Waals surface area contributed by atoms with Gasteiger partial charge in [-0.1, -0.05) is 15.9 Å². The highest BCUT2D eigenvalue weighted by molar-refractivity contribution is 9.10. The van der Waals surface area contributed by atoms with E-state index in [-0.39, 0.29) is 11.2 Å². The molecule has 0 saturated carbocycles. The quantitative estimate of drug-likeness (QED) is 0.577. The summed E-state index contributed by atoms with van der Waals surface area (Å²) in [4.78, 5) is 15.2. The van der Waals surface area contributed by atoms with Crippen LogP contribution in [-0.4, -0.2) is 42.3 Å². The Balaban J connectivity index is 1.98. The van der Waals surface area contributed by atoms with Crippen LogP contribution < -0.4 is 10.6 Å². The highest BCUT2D eigenvalue weighted by Gasteiger charge is 2.34. The topological polar surface area (TPSA) is 89.3 Å². The first kappa shape index (κ1) is 17.1. The van der Waals surface area contributed by atoms with Crippen molar-refractivity contribution < 1.29 is 9.66 Å². The lowest BCUT2D eigenvalue weighted by Gasteiger charge is -2.29. The van der Waals surface area contributed by atoms with Crippen LogP contribution in [0.4, 0.5) is 11.4 Å². The number of methoxy groups -OCH3 is 1. The summed E-state index contributed by atoms with van der Waals surface area (Å²) < 4.78 is 6.20. The zero-order valence-electron chi connectivity index (χ0n) is 13.3. The number of pyridine rings is 1. The average molecular weight is 395 g/mol. The number of benzene rings is 1. The van der Waals surface area contributed by atoms with Crippen LogP contribution in [0.1, 0.15) is 12.8 Å². The third-order valence-corrected chi connectivity index (χ3v) is 4.86. The Morgan fingerprint density at radius 1 is 1.54 bits per heavy atom. The maximum atomic E-state index is 11.4. The van der Waals surface area contributed by atoms with E-state index in [0.717, 1.165) is 29.2 Å². The van der Waals surface area contributed by atoms with Gasteiger partial charge in [0, 0.05) is 23.5 Å². The largest absolute Gasteiger partial charge is 0.383 e. The summed E-state index contributed by atoms with van der Waals surface area (Å²) in [6.07, 6.45) is 3.34. The predicted molar refractivity (Wildman–Crippen MR) is 96.4 cm³/mol. The van der Waals surface area contributed by atoms with E-state index >= 15 is 0 Å². The van der Waals surface area contributed by atoms with Gasteiger partial charge in [0.05, 0.1) is 22.6 Å². The van der Waals surface area contributed by atoms with Gasteiger partial charge in [-0.2, -0.15) is 0 Å². The Labute approximate surface area is 148 Å². The highest BCUT2D eigenvalue weighted by atomic mass is 79.9. The third kappa shape index (κ3) is 3.35. The number of nitrogens with zero attached hydrogens (tertiary/aromatic N) is 2. The minimum Gasteiger partial charge on any atom is -0.383 e. The van der Waals surface area contributed by atoms with Gasteiger partial charge in [-0.05, 0) is 37.6 Å². The lowest BCUT2D eigenvalue weighted by Crippen LogP contribution is -2.49. The van der Waals surface area contributed by atoms with Gasteiger partial charge in [-0.15, -0.1) is 0 Å². The second-order valence-corrected chi connectivity index (χ2v) is 6.95. The number of ether oxygens (including phenoxy) is 1. The summed E-state index contributed by atoms with van der Waals surface area (Å²) in [5, 5.41) is 18.9. The monoisotopic (exact) mass is 394 g/mol. The summed E-state index contributed by atoms with van der Waals surface area (Å²) in [6, 6.07) is 5.56. The van der Waals surface area contributed by atoms with E-state index in [4.69, 9.17) is 4.74 Å². The molecule has 3 rings (SSSR count). The predicted octanol–water partition coefficient (Wildman–Crippen LogP) is 3.09. The van der Waals surface area contributed by atoms with Crippen LogP contribution >= 0.6 is 15.9 Å². The van der Waals surface area contributed by atoms with Gasteiger partial charge in [0.25, 0.3) is 0 Å². The number of fused-ring (bicyclic) bond motifs is 1. The number of halogens is 1. The van der Waals surface area contributed by atoms with Crippen molar-refractivity contribution in [3.05, 3.63) is 39.0 Å². The molecule has 2 N–H and O–H groups in total. The second kappa shape index (κ2) is 7.00. The van der Waals surface area contributed by atoms with Gasteiger partial charge >= 0.3 is 5.69 Å². The van der Waals surface area contributed by atoms with Crippen molar-refractivity contribution in [2.45, 2.75) is 18.4 Å². The Hall–Kier alpha value is -1.77. The van der Waals surface area contributed by atoms with Gasteiger partial charge in [0.15, 0.2) is 0 Å². The Kier molecular flexibility index (Phi) is 4.98. The molecular formula is C16H19BrN4O3. The fourth-order valence-electron chi connectivity index (χ4n) is 3.21. The van der Waals surface area contributed by atoms with Crippen LogP contribution in [0.2, 0.25) is 0 Å². The van der Waals surface area contributed by atoms with Gasteiger partial charge in [0.2, 0.25) is 0 Å². The molecule has 1 fully saturated rings. The summed E-state index contributed by atoms with van der Waals surface area (Å²) >= 11 is 3.42. The molecule has 0 radical (unpaired) electrons. The maximum absolute atomic E-state index is 11.4. The van der Waals surface area contributed by atoms with Crippen molar-refractivity contribution >= 4 is 38.2 Å². The molecule has 0 spiro atoms. The zero-order chi connectivity index (χ0) is 17.2. The molecule has 2 heterocycles. The van der Waals surface area contributed by atoms with Crippen molar-refractivity contribution in [1.82, 2.24) is 10.3 Å². The minimum atomic E-state index is -0.402. The molecule has 1 atom stereocenters. The molecule has 24 heavy (non-hydrogen) atoms. The minimum absolute atomic E-state index is 0.0221. The van der Waals surface area contributed by atoms with Crippen molar-refractivity contribution in [3.63, 3.8) is 0 Å². The van der Waals surface area contributed by atoms with Crippen LogP contribution in [-0.2, 0) is 4.74 Å². The SMILES string of the molecule is COCC1(CNc2c([N+](=O)[O-])cnc3ccc(Br)cc23)CCCN1. The number of aromatic nitrogens is 1. The Bertz CT molecular complexity index is 762. The van der Waals surface area contributed by atoms with Crippen LogP contribution in [0, 0.1) is 10.1 Å². The summed E-state index contributed by atoms with van der Waals surface area (Å²) in [7, 11) is 1.67. The lowest BCUT2D eigenvalue weighted by atomic mass is 9.98. The fraction of sp³-hybridized carbons (Fsp3) is 0.438. The molecule has 0 amide bonds. The number of rotatable bonds is 6. The molecule has 7 nitrogen and oxygen atoms in total. The fourth-order valence-corrected chi connectivity index (χ4v) is 3.57. The average Bonchev–Trinajstić information content (AvgIpc) is 3.01. The molecular weight excluding hydrogens is 376 g/mol. The standard InChI is InChI=1S/C16H19BrN4O3/c1-24-10-16(5-2-6-20-16)9-19-15-12-7-11(17)3-4-13(12)18-8-14(15)21(22)23/h3-4,7-8,20H,2,5-6,9-10H2,1H3,(H,18,19). The van der Waals surface area contributed by atoms with E-state index < -0.39 is 4.92 Å². The molecule has 1 aromatic heterocycles. The highest BCUT2D eigenvalue weighted by Crippen LogP contribution is 2.34. The number of anilines is 1. The molecule has 1 aliphatic rings. The van der Waals surface area contributed by atoms with Crippen LogP contribution in [0.3, 0.4) is 0 Å². The molecule has 0 bridgehead atoms. The van der Waals surface area contributed by atoms with Crippen LogP contribution in [0.15, 0.2) is 28.9 Å². The second-order valence-electron chi connectivity index (χ2n) is 6.03. The first-order valence-electron chi connectivity index (χ1n) is 7.75. The van der Waals surface area contributed by atoms with Gasteiger partial charge in [0.1, 0.15) is 11.9 Å². The van der Waals surface area contributed by atoms with Crippen LogP contribution in [0.25, 0.3) is 10.9 Å². The van der Waals surface area contributed by atoms with Crippen LogP contribution in [0.5, 0.6) is 0 Å². The van der Waals surface area contributed by atoms with E-state index in [1.165, 1.54) is 6.20 Å². The first-order chi connectivity index (χ1) is 11.5. The van der Waals surface area contributed by atoms with E-state index in [1.807, 2.05) is 18.2 Å². The van der Waals surface area contributed by atoms with E-state index in [1.54, 1.807) is 7.11 Å². The Morgan fingerprint density at radius 2 is 2.38 bits per heavy atom. The molecule has 1 aromatic carbocycles. The van der Waals surface area contributed by atoms with Crippen molar-refractivity contribution in [2.24, 2.45) is 0 Å². The van der Waals surface area contributed by atoms with Crippen molar-refractivity contribution in [1.29, 1.82) is 0 Å². The van der Waals surface area contributed by atoms with Gasteiger partial charge in [-0.25, -0.2) is 4.98 Å². The van der Waals surface area contributed by atoms with Gasteiger partial charge in [-0.3, -0.25) is 10.1 Å². The molecule has 2 aromatic rings. The molecule has 1 aliphatic heterocycles. The van der Waals surface area contributed by atoms with Gasteiger partial charge < -0.3 is 15.4 Å². The van der Waals surface area contributed by atoms with Crippen molar-refractivity contribution in [3.8, 4) is 0 Å². The summed E-state index contributed by atoms with van der Waals surface area (Å²) in [6.45, 7) is 2.03. The van der Waals surface area contributed by atoms with E-state index in [9.17, 15) is 10.1 Å².